The molecule has 2 aromatic heterocycles. The number of fused-ring (bicyclic) bond motifs is 2. The average molecular weight is 892 g/mol. The largest absolute Gasteiger partial charge is 0.483 e. The topological polar surface area (TPSA) is 198 Å². The van der Waals surface area contributed by atoms with Gasteiger partial charge in [0.05, 0.1) is 28.7 Å². The fourth-order valence-corrected chi connectivity index (χ4v) is 11.3. The second-order valence-electron chi connectivity index (χ2n) is 18.4. The smallest absolute Gasteiger partial charge is 0.332 e. The fourth-order valence-electron chi connectivity index (χ4n) is 10.3. The summed E-state index contributed by atoms with van der Waals surface area (Å²) in [6.07, 6.45) is 10.1. The van der Waals surface area contributed by atoms with E-state index < -0.39 is 49.0 Å². The Hall–Kier alpha value is -6.20. The average Bonchev–Trinajstić information content (AvgIpc) is 3.94. The van der Waals surface area contributed by atoms with E-state index in [9.17, 15) is 28.1 Å². The number of esters is 1. The lowest BCUT2D eigenvalue weighted by Crippen LogP contribution is -2.55. The van der Waals surface area contributed by atoms with E-state index in [2.05, 4.69) is 67.9 Å². The quantitative estimate of drug-likeness (QED) is 0.0652. The molecule has 4 aliphatic rings. The van der Waals surface area contributed by atoms with Crippen molar-refractivity contribution in [1.29, 1.82) is 0 Å². The zero-order valence-corrected chi connectivity index (χ0v) is 37.4. The third kappa shape index (κ3) is 7.99. The minimum atomic E-state index is -4.75. The molecule has 3 aliphatic heterocycles. The summed E-state index contributed by atoms with van der Waals surface area (Å²) in [4.78, 5) is 50.0. The molecule has 9 rings (SSSR count). The van der Waals surface area contributed by atoms with Gasteiger partial charge in [-0.05, 0) is 106 Å². The first-order valence-corrected chi connectivity index (χ1v) is 23.3. The molecule has 3 N–H and O–H groups in total. The Balaban J connectivity index is 0.941. The van der Waals surface area contributed by atoms with Gasteiger partial charge in [0, 0.05) is 60.6 Å². The van der Waals surface area contributed by atoms with Crippen LogP contribution in [0.15, 0.2) is 84.0 Å². The van der Waals surface area contributed by atoms with Crippen molar-refractivity contribution in [2.24, 2.45) is 5.41 Å². The number of aromatic nitrogens is 2. The van der Waals surface area contributed by atoms with Crippen LogP contribution in [0, 0.1) is 15.5 Å². The molecule has 5 heterocycles. The highest BCUT2D eigenvalue weighted by Gasteiger charge is 2.50. The van der Waals surface area contributed by atoms with Crippen LogP contribution in [-0.4, -0.2) is 84.5 Å². The monoisotopic (exact) mass is 891 g/mol. The van der Waals surface area contributed by atoms with Crippen LogP contribution < -0.4 is 24.4 Å². The van der Waals surface area contributed by atoms with Gasteiger partial charge in [-0.15, -0.1) is 0 Å². The van der Waals surface area contributed by atoms with Crippen LogP contribution in [0.4, 0.5) is 17.1 Å². The van der Waals surface area contributed by atoms with Crippen molar-refractivity contribution in [3.05, 3.63) is 106 Å². The molecule has 1 spiro atoms. The van der Waals surface area contributed by atoms with Crippen molar-refractivity contribution in [1.82, 2.24) is 19.6 Å². The Morgan fingerprint density at radius 3 is 2.53 bits per heavy atom. The number of nitrogens with one attached hydrogen (secondary N) is 3. The first-order chi connectivity index (χ1) is 30.5. The number of nitrogens with zero attached hydrogens (tertiary/aromatic N) is 4. The molecule has 1 aliphatic carbocycles. The molecule has 3 aromatic carbocycles. The van der Waals surface area contributed by atoms with Gasteiger partial charge >= 0.3 is 5.97 Å². The number of benzene rings is 3. The maximum atomic E-state index is 14.1. The predicted octanol–water partition coefficient (Wildman–Crippen LogP) is 8.22. The van der Waals surface area contributed by atoms with Crippen molar-refractivity contribution in [2.75, 3.05) is 37.0 Å². The van der Waals surface area contributed by atoms with Crippen LogP contribution in [0.25, 0.3) is 11.0 Å². The van der Waals surface area contributed by atoms with E-state index in [1.54, 1.807) is 38.2 Å². The molecule has 0 bridgehead atoms. The molecular formula is C47H53N7O9S. The third-order valence-corrected chi connectivity index (χ3v) is 15.0. The molecule has 1 saturated carbocycles. The highest BCUT2D eigenvalue weighted by atomic mass is 32.2. The summed E-state index contributed by atoms with van der Waals surface area (Å²) >= 11 is 0. The minimum absolute atomic E-state index is 0.0801. The number of pyridine rings is 1. The van der Waals surface area contributed by atoms with Gasteiger partial charge in [0.15, 0.2) is 17.5 Å². The number of aromatic amines is 1. The normalized spacial score (nSPS) is 20.6. The van der Waals surface area contributed by atoms with E-state index in [1.165, 1.54) is 56.2 Å². The number of amides is 1. The van der Waals surface area contributed by atoms with Gasteiger partial charge in [-0.2, -0.15) is 0 Å². The van der Waals surface area contributed by atoms with E-state index in [4.69, 9.17) is 14.2 Å². The van der Waals surface area contributed by atoms with Gasteiger partial charge in [0.2, 0.25) is 0 Å². The maximum Gasteiger partial charge on any atom is 0.332 e. The van der Waals surface area contributed by atoms with Crippen LogP contribution in [0.5, 0.6) is 17.2 Å². The molecule has 0 radical (unpaired) electrons. The van der Waals surface area contributed by atoms with Crippen molar-refractivity contribution < 1.29 is 37.1 Å². The Morgan fingerprint density at radius 2 is 1.80 bits per heavy atom. The van der Waals surface area contributed by atoms with Gasteiger partial charge in [-0.3, -0.25) is 19.8 Å². The SMILES string of the molecule is COC(=O)C1Nc2c(cc(S(=O)(=O)NC(=O)c3ccc(N4CCC5(CC4)CC(N4CCC[C@H]4c4ccccc4C(C)C)C5)cc3Oc3cnc4[nH]ccc4c3)cc2[N+](=O)[O-])OC1(C)C. The molecule has 2 atom stereocenters. The number of anilines is 2. The Morgan fingerprint density at radius 1 is 1.03 bits per heavy atom. The zero-order chi connectivity index (χ0) is 45.1. The van der Waals surface area contributed by atoms with Crippen LogP contribution in [0.3, 0.4) is 0 Å². The van der Waals surface area contributed by atoms with Crippen molar-refractivity contribution in [3.63, 3.8) is 0 Å². The lowest BCUT2D eigenvalue weighted by Gasteiger charge is -2.56. The van der Waals surface area contributed by atoms with Crippen LogP contribution in [0.2, 0.25) is 0 Å². The fraction of sp³-hybridized carbons (Fsp3) is 0.426. The molecule has 2 saturated heterocycles. The van der Waals surface area contributed by atoms with Gasteiger partial charge < -0.3 is 29.4 Å². The van der Waals surface area contributed by atoms with Gasteiger partial charge in [0.25, 0.3) is 21.6 Å². The van der Waals surface area contributed by atoms with Crippen molar-refractivity contribution >= 4 is 50.0 Å². The van der Waals surface area contributed by atoms with E-state index in [0.717, 1.165) is 55.7 Å². The second-order valence-corrected chi connectivity index (χ2v) is 20.1. The summed E-state index contributed by atoms with van der Waals surface area (Å²) < 4.78 is 47.1. The molecule has 5 aromatic rings. The number of carbonyl (C=O) groups excluding carboxylic acids is 2. The third-order valence-electron chi connectivity index (χ3n) is 13.7. The minimum Gasteiger partial charge on any atom is -0.483 e. The van der Waals surface area contributed by atoms with E-state index in [0.29, 0.717) is 29.4 Å². The molecule has 64 heavy (non-hydrogen) atoms. The Bertz CT molecular complexity index is 2760. The molecule has 3 fully saturated rings. The number of hydrogen-bond acceptors (Lipinski definition) is 13. The van der Waals surface area contributed by atoms with Crippen molar-refractivity contribution in [3.8, 4) is 17.2 Å². The number of ether oxygens (including phenoxy) is 3. The van der Waals surface area contributed by atoms with Gasteiger partial charge in [0.1, 0.15) is 22.7 Å². The number of sulfonamides is 1. The number of piperidine rings is 1. The summed E-state index contributed by atoms with van der Waals surface area (Å²) in [6, 6.07) is 19.4. The van der Waals surface area contributed by atoms with Crippen LogP contribution >= 0.6 is 0 Å². The van der Waals surface area contributed by atoms with E-state index in [1.807, 2.05) is 6.07 Å². The number of rotatable bonds is 11. The Labute approximate surface area is 371 Å². The van der Waals surface area contributed by atoms with Crippen LogP contribution in [0.1, 0.15) is 99.7 Å². The maximum absolute atomic E-state index is 14.1. The summed E-state index contributed by atoms with van der Waals surface area (Å²) in [5.41, 5.74) is 2.43. The number of nitro benzene ring substituents is 1. The van der Waals surface area contributed by atoms with Gasteiger partial charge in [-0.1, -0.05) is 38.1 Å². The molecular weight excluding hydrogens is 839 g/mol. The summed E-state index contributed by atoms with van der Waals surface area (Å²) in [7, 11) is -3.57. The second kappa shape index (κ2) is 16.4. The van der Waals surface area contributed by atoms with Crippen LogP contribution in [-0.2, 0) is 19.6 Å². The predicted molar refractivity (Wildman–Crippen MR) is 241 cm³/mol. The lowest BCUT2D eigenvalue weighted by molar-refractivity contribution is -0.384. The highest BCUT2D eigenvalue weighted by Crippen LogP contribution is 2.54. The summed E-state index contributed by atoms with van der Waals surface area (Å²) in [5, 5.41) is 15.8. The number of methoxy groups -OCH3 is 1. The summed E-state index contributed by atoms with van der Waals surface area (Å²) in [5.74, 6) is -1.02. The first kappa shape index (κ1) is 43.1. The molecule has 1 amide bonds. The number of H-pyrrole nitrogens is 1. The first-order valence-electron chi connectivity index (χ1n) is 21.8. The Kier molecular flexibility index (Phi) is 11.0. The molecule has 16 nitrogen and oxygen atoms in total. The number of hydrogen-bond donors (Lipinski definition) is 3. The number of carbonyl (C=O) groups is 2. The molecule has 17 heteroatoms. The molecule has 336 valence electrons. The number of nitro groups is 1. The standard InChI is InChI=1S/C47H53N7O9S/c1-28(2)34-9-6-7-10-35(34)37-11-8-18-53(37)31-25-47(26-31)15-19-52(20-16-47)30-12-13-36(39(22-30)62-32-21-29-14-17-48-43(29)49-27-32)44(55)51-64(59,60)33-23-38(54(57)58)41-40(24-33)63-46(3,4)42(50-41)45(56)61-5/h6-7,9-10,12-14,17,21-24,27-28,31,37,42,50H,8,11,15-16,18-20,25-26H2,1-5H3,(H,48,49)(H,51,55)/t37-,42?/m0/s1. The molecule has 1 unspecified atom stereocenters. The van der Waals surface area contributed by atoms with Gasteiger partial charge in [-0.25, -0.2) is 22.9 Å². The zero-order valence-electron chi connectivity index (χ0n) is 36.6. The number of likely N-dealkylation sites (tertiary alicyclic amines) is 1. The summed E-state index contributed by atoms with van der Waals surface area (Å²) in [6.45, 7) is 10.4. The van der Waals surface area contributed by atoms with E-state index in [-0.39, 0.29) is 28.2 Å². The van der Waals surface area contributed by atoms with E-state index >= 15 is 0 Å². The van der Waals surface area contributed by atoms with Crippen molar-refractivity contribution in [2.45, 2.75) is 101 Å². The highest BCUT2D eigenvalue weighted by molar-refractivity contribution is 7.90. The lowest BCUT2D eigenvalue weighted by atomic mass is 9.59.